The molecular weight excluding hydrogens is 412 g/mol. The molecule has 1 aliphatic heterocycles. The third kappa shape index (κ3) is 5.03. The third-order valence-electron chi connectivity index (χ3n) is 5.21. The number of imide groups is 1. The highest BCUT2D eigenvalue weighted by Gasteiger charge is 2.36. The number of fused-ring (bicyclic) bond motifs is 1. The fourth-order valence-corrected chi connectivity index (χ4v) is 3.51. The van der Waals surface area contributed by atoms with Gasteiger partial charge in [-0.25, -0.2) is 4.79 Å². The molecule has 8 heteroatoms. The maximum atomic E-state index is 12.6. The summed E-state index contributed by atoms with van der Waals surface area (Å²) in [6.45, 7) is 2.55. The lowest BCUT2D eigenvalue weighted by Crippen LogP contribution is -2.37. The number of nitrogens with zero attached hydrogens (tertiary/aromatic N) is 2. The van der Waals surface area contributed by atoms with Gasteiger partial charge in [0.15, 0.2) is 6.10 Å². The molecule has 2 aromatic carbocycles. The Morgan fingerprint density at radius 2 is 1.72 bits per heavy atom. The van der Waals surface area contributed by atoms with E-state index in [0.29, 0.717) is 19.6 Å². The summed E-state index contributed by atoms with van der Waals surface area (Å²) in [5.41, 5.74) is 1.46. The smallest absolute Gasteiger partial charge is 0.338 e. The fourth-order valence-electron chi connectivity index (χ4n) is 3.51. The van der Waals surface area contributed by atoms with Gasteiger partial charge in [0.1, 0.15) is 0 Å². The summed E-state index contributed by atoms with van der Waals surface area (Å²) >= 11 is 0. The number of rotatable bonds is 9. The Kier molecular flexibility index (Phi) is 7.37. The monoisotopic (exact) mass is 438 g/mol. The molecule has 8 nitrogen and oxygen atoms in total. The van der Waals surface area contributed by atoms with Gasteiger partial charge in [0.2, 0.25) is 0 Å². The van der Waals surface area contributed by atoms with Crippen LogP contribution in [0.1, 0.15) is 50.0 Å². The number of esters is 1. The summed E-state index contributed by atoms with van der Waals surface area (Å²) in [4.78, 5) is 52.9. The Hall–Kier alpha value is -3.52. The van der Waals surface area contributed by atoms with E-state index < -0.39 is 23.9 Å². The molecule has 0 aromatic heterocycles. The number of likely N-dealkylation sites (N-methyl/N-ethyl adjacent to an activating group) is 1. The fraction of sp³-hybridized carbons (Fsp3) is 0.333. The first-order valence-corrected chi connectivity index (χ1v) is 10.3. The van der Waals surface area contributed by atoms with E-state index in [0.717, 1.165) is 10.5 Å². The van der Waals surface area contributed by atoms with Crippen molar-refractivity contribution in [3.63, 3.8) is 0 Å². The van der Waals surface area contributed by atoms with Crippen molar-refractivity contribution < 1.29 is 28.7 Å². The highest BCUT2D eigenvalue weighted by atomic mass is 16.5. The van der Waals surface area contributed by atoms with Crippen LogP contribution >= 0.6 is 0 Å². The summed E-state index contributed by atoms with van der Waals surface area (Å²) in [7, 11) is 3.18. The van der Waals surface area contributed by atoms with Gasteiger partial charge in [-0.15, -0.1) is 0 Å². The summed E-state index contributed by atoms with van der Waals surface area (Å²) < 4.78 is 10.3. The highest BCUT2D eigenvalue weighted by molar-refractivity contribution is 6.22. The van der Waals surface area contributed by atoms with Crippen LogP contribution in [0.5, 0.6) is 0 Å². The summed E-state index contributed by atoms with van der Waals surface area (Å²) in [6, 6.07) is 13.7. The van der Waals surface area contributed by atoms with Gasteiger partial charge >= 0.3 is 5.97 Å². The Balaban J connectivity index is 1.64. The predicted molar refractivity (Wildman–Crippen MR) is 116 cm³/mol. The van der Waals surface area contributed by atoms with Crippen LogP contribution in [-0.4, -0.2) is 66.9 Å². The van der Waals surface area contributed by atoms with Crippen LogP contribution < -0.4 is 0 Å². The Morgan fingerprint density at radius 1 is 1.03 bits per heavy atom. The molecule has 0 spiro atoms. The maximum Gasteiger partial charge on any atom is 0.338 e. The molecule has 1 heterocycles. The number of carbonyl (C=O) groups is 4. The minimum Gasteiger partial charge on any atom is -0.449 e. The zero-order chi connectivity index (χ0) is 23.3. The van der Waals surface area contributed by atoms with Crippen LogP contribution in [0.25, 0.3) is 0 Å². The highest BCUT2D eigenvalue weighted by Crippen LogP contribution is 2.25. The second-order valence-corrected chi connectivity index (χ2v) is 7.60. The SMILES string of the molecule is COCCCN1C(=O)c2ccc(C(=O)OC(C)C(=O)N(C)Cc3ccccc3)cc2C1=O. The van der Waals surface area contributed by atoms with Crippen LogP contribution in [-0.2, 0) is 20.8 Å². The molecule has 1 unspecified atom stereocenters. The maximum absolute atomic E-state index is 12.6. The lowest BCUT2D eigenvalue weighted by atomic mass is 10.1. The van der Waals surface area contributed by atoms with E-state index in [1.165, 1.54) is 30.0 Å². The Morgan fingerprint density at radius 3 is 2.41 bits per heavy atom. The molecular formula is C24H26N2O6. The molecule has 168 valence electrons. The van der Waals surface area contributed by atoms with Crippen molar-refractivity contribution in [3.05, 3.63) is 70.8 Å². The van der Waals surface area contributed by atoms with E-state index in [-0.39, 0.29) is 29.1 Å². The second-order valence-electron chi connectivity index (χ2n) is 7.60. The molecule has 0 radical (unpaired) electrons. The summed E-state index contributed by atoms with van der Waals surface area (Å²) in [5.74, 6) is -1.94. The number of methoxy groups -OCH3 is 1. The number of ether oxygens (including phenoxy) is 2. The first-order chi connectivity index (χ1) is 15.3. The number of benzene rings is 2. The first kappa shape index (κ1) is 23.1. The van der Waals surface area contributed by atoms with E-state index in [1.807, 2.05) is 30.3 Å². The van der Waals surface area contributed by atoms with Crippen LogP contribution in [0, 0.1) is 0 Å². The molecule has 0 bridgehead atoms. The molecule has 3 amide bonds. The predicted octanol–water partition coefficient (Wildman–Crippen LogP) is 2.52. The molecule has 32 heavy (non-hydrogen) atoms. The average molecular weight is 438 g/mol. The van der Waals surface area contributed by atoms with Gasteiger partial charge in [-0.2, -0.15) is 0 Å². The van der Waals surface area contributed by atoms with Gasteiger partial charge in [0.05, 0.1) is 16.7 Å². The zero-order valence-electron chi connectivity index (χ0n) is 18.4. The van der Waals surface area contributed by atoms with Crippen molar-refractivity contribution in [3.8, 4) is 0 Å². The van der Waals surface area contributed by atoms with Crippen LogP contribution in [0.2, 0.25) is 0 Å². The van der Waals surface area contributed by atoms with Crippen molar-refractivity contribution in [1.82, 2.24) is 9.80 Å². The summed E-state index contributed by atoms with van der Waals surface area (Å²) in [6.07, 6.45) is -0.486. The van der Waals surface area contributed by atoms with Crippen LogP contribution in [0.3, 0.4) is 0 Å². The van der Waals surface area contributed by atoms with Gasteiger partial charge in [-0.05, 0) is 37.1 Å². The normalized spacial score (nSPS) is 13.7. The number of hydrogen-bond donors (Lipinski definition) is 0. The minimum absolute atomic E-state index is 0.106. The zero-order valence-corrected chi connectivity index (χ0v) is 18.4. The molecule has 0 aliphatic carbocycles. The molecule has 0 fully saturated rings. The van der Waals surface area contributed by atoms with Gasteiger partial charge < -0.3 is 14.4 Å². The van der Waals surface area contributed by atoms with Crippen molar-refractivity contribution in [2.45, 2.75) is 26.0 Å². The third-order valence-corrected chi connectivity index (χ3v) is 5.21. The van der Waals surface area contributed by atoms with Crippen LogP contribution in [0.15, 0.2) is 48.5 Å². The van der Waals surface area contributed by atoms with E-state index >= 15 is 0 Å². The van der Waals surface area contributed by atoms with Gasteiger partial charge in [-0.3, -0.25) is 19.3 Å². The van der Waals surface area contributed by atoms with Crippen molar-refractivity contribution >= 4 is 23.7 Å². The van der Waals surface area contributed by atoms with E-state index in [2.05, 4.69) is 0 Å². The molecule has 1 aliphatic rings. The van der Waals surface area contributed by atoms with Crippen molar-refractivity contribution in [2.75, 3.05) is 27.3 Å². The molecule has 1 atom stereocenters. The van der Waals surface area contributed by atoms with E-state index in [9.17, 15) is 19.2 Å². The topological polar surface area (TPSA) is 93.2 Å². The number of amides is 3. The molecule has 0 saturated carbocycles. The van der Waals surface area contributed by atoms with E-state index in [1.54, 1.807) is 14.2 Å². The van der Waals surface area contributed by atoms with Gasteiger partial charge in [0.25, 0.3) is 17.7 Å². The van der Waals surface area contributed by atoms with Crippen LogP contribution in [0.4, 0.5) is 0 Å². The largest absolute Gasteiger partial charge is 0.449 e. The van der Waals surface area contributed by atoms with Gasteiger partial charge in [-0.1, -0.05) is 30.3 Å². The first-order valence-electron chi connectivity index (χ1n) is 10.3. The van der Waals surface area contributed by atoms with Crippen molar-refractivity contribution in [1.29, 1.82) is 0 Å². The van der Waals surface area contributed by atoms with Gasteiger partial charge in [0, 0.05) is 33.9 Å². The molecule has 0 saturated heterocycles. The molecule has 3 rings (SSSR count). The second kappa shape index (κ2) is 10.2. The molecule has 2 aromatic rings. The average Bonchev–Trinajstić information content (AvgIpc) is 3.03. The van der Waals surface area contributed by atoms with E-state index in [4.69, 9.17) is 9.47 Å². The lowest BCUT2D eigenvalue weighted by Gasteiger charge is -2.21. The number of carbonyl (C=O) groups excluding carboxylic acids is 4. The van der Waals surface area contributed by atoms with Crippen molar-refractivity contribution in [2.24, 2.45) is 0 Å². The number of hydrogen-bond acceptors (Lipinski definition) is 6. The minimum atomic E-state index is -1.01. The quantitative estimate of drug-likeness (QED) is 0.339. The Labute approximate surface area is 186 Å². The molecule has 0 N–H and O–H groups in total. The summed E-state index contributed by atoms with van der Waals surface area (Å²) in [5, 5.41) is 0. The Bertz CT molecular complexity index is 1020. The lowest BCUT2D eigenvalue weighted by molar-refractivity contribution is -0.139. The standard InChI is InChI=1S/C24H26N2O6/c1-16(21(27)25(2)15-17-8-5-4-6-9-17)32-24(30)18-10-11-19-20(14-18)23(29)26(22(19)28)12-7-13-31-3/h4-6,8-11,14,16H,7,12-13,15H2,1-3H3.